The van der Waals surface area contributed by atoms with E-state index >= 15 is 0 Å². The number of rotatable bonds is 6. The molecule has 1 heterocycles. The Morgan fingerprint density at radius 1 is 1.30 bits per heavy atom. The molecule has 27 heavy (non-hydrogen) atoms. The summed E-state index contributed by atoms with van der Waals surface area (Å²) in [4.78, 5) is 27.8. The van der Waals surface area contributed by atoms with Crippen molar-refractivity contribution in [3.05, 3.63) is 68.0 Å². The molecule has 3 aromatic rings. The molecule has 0 bridgehead atoms. The van der Waals surface area contributed by atoms with Crippen LogP contribution in [0.15, 0.2) is 47.5 Å². The highest BCUT2D eigenvalue weighted by molar-refractivity contribution is 7.16. The van der Waals surface area contributed by atoms with E-state index in [1.165, 1.54) is 23.5 Å². The zero-order chi connectivity index (χ0) is 19.4. The van der Waals surface area contributed by atoms with Crippen LogP contribution in [0.1, 0.15) is 17.3 Å². The van der Waals surface area contributed by atoms with Gasteiger partial charge in [0.2, 0.25) is 0 Å². The third kappa shape index (κ3) is 4.41. The molecule has 0 atom stereocenters. The number of carbonyl (C=O) groups is 1. The second kappa shape index (κ2) is 8.43. The number of hydrogen-bond donors (Lipinski definition) is 0. The number of non-ortho nitro benzene ring substituents is 1. The summed E-state index contributed by atoms with van der Waals surface area (Å²) < 4.78 is 7.93. The molecule has 0 N–H and O–H groups in total. The smallest absolute Gasteiger partial charge is 0.279 e. The van der Waals surface area contributed by atoms with Gasteiger partial charge in [-0.1, -0.05) is 22.9 Å². The van der Waals surface area contributed by atoms with Crippen molar-refractivity contribution in [2.75, 3.05) is 13.2 Å². The van der Waals surface area contributed by atoms with E-state index in [1.807, 2.05) is 11.5 Å². The predicted octanol–water partition coefficient (Wildman–Crippen LogP) is 4.04. The van der Waals surface area contributed by atoms with Crippen LogP contribution in [-0.2, 0) is 11.3 Å². The van der Waals surface area contributed by atoms with Gasteiger partial charge in [-0.2, -0.15) is 4.99 Å². The Balaban J connectivity index is 2.08. The average molecular weight is 406 g/mol. The van der Waals surface area contributed by atoms with Gasteiger partial charge in [0.05, 0.1) is 21.7 Å². The van der Waals surface area contributed by atoms with Crippen LogP contribution in [0.3, 0.4) is 0 Å². The van der Waals surface area contributed by atoms with Crippen LogP contribution in [0.25, 0.3) is 10.2 Å². The van der Waals surface area contributed by atoms with Crippen molar-refractivity contribution in [1.82, 2.24) is 4.57 Å². The highest BCUT2D eigenvalue weighted by atomic mass is 35.5. The molecule has 0 aliphatic carbocycles. The number of nitro groups is 1. The van der Waals surface area contributed by atoms with Crippen molar-refractivity contribution in [3.63, 3.8) is 0 Å². The van der Waals surface area contributed by atoms with Crippen molar-refractivity contribution >= 4 is 44.7 Å². The number of benzene rings is 2. The monoisotopic (exact) mass is 405 g/mol. The van der Waals surface area contributed by atoms with Crippen molar-refractivity contribution < 1.29 is 14.5 Å². The van der Waals surface area contributed by atoms with Crippen molar-refractivity contribution in [1.29, 1.82) is 0 Å². The minimum absolute atomic E-state index is 0.00344. The first kappa shape index (κ1) is 19.2. The molecule has 7 nitrogen and oxygen atoms in total. The second-order valence-electron chi connectivity index (χ2n) is 5.57. The summed E-state index contributed by atoms with van der Waals surface area (Å²) in [5.41, 5.74) is 1.18. The SMILES string of the molecule is CCOCCn1c(=NC(=O)c2ccc(Cl)cc2)sc2cc([N+](=O)[O-])ccc21. The van der Waals surface area contributed by atoms with Crippen LogP contribution < -0.4 is 4.80 Å². The first-order valence-electron chi connectivity index (χ1n) is 8.19. The quantitative estimate of drug-likeness (QED) is 0.352. The van der Waals surface area contributed by atoms with Crippen molar-refractivity contribution in [2.24, 2.45) is 4.99 Å². The normalized spacial score (nSPS) is 11.9. The molecule has 3 rings (SSSR count). The molecule has 2 aromatic carbocycles. The van der Waals surface area contributed by atoms with Crippen molar-refractivity contribution in [3.8, 4) is 0 Å². The van der Waals surface area contributed by atoms with E-state index in [1.54, 1.807) is 30.3 Å². The van der Waals surface area contributed by atoms with E-state index in [0.29, 0.717) is 39.8 Å². The first-order valence-corrected chi connectivity index (χ1v) is 9.39. The van der Waals surface area contributed by atoms with E-state index in [2.05, 4.69) is 4.99 Å². The largest absolute Gasteiger partial charge is 0.380 e. The van der Waals surface area contributed by atoms with Gasteiger partial charge in [-0.25, -0.2) is 0 Å². The van der Waals surface area contributed by atoms with E-state index in [-0.39, 0.29) is 5.69 Å². The third-order valence-electron chi connectivity index (χ3n) is 3.83. The fourth-order valence-corrected chi connectivity index (χ4v) is 3.73. The molecule has 0 saturated heterocycles. The Morgan fingerprint density at radius 3 is 2.70 bits per heavy atom. The molecule has 9 heteroatoms. The number of hydrogen-bond acceptors (Lipinski definition) is 5. The van der Waals surface area contributed by atoms with Gasteiger partial charge in [-0.3, -0.25) is 14.9 Å². The summed E-state index contributed by atoms with van der Waals surface area (Å²) in [7, 11) is 0. The summed E-state index contributed by atoms with van der Waals surface area (Å²) in [6, 6.07) is 11.1. The maximum atomic E-state index is 12.5. The zero-order valence-corrected chi connectivity index (χ0v) is 16.0. The lowest BCUT2D eigenvalue weighted by atomic mass is 10.2. The van der Waals surface area contributed by atoms with Crippen LogP contribution in [0.2, 0.25) is 5.02 Å². The molecular formula is C18H16ClN3O4S. The summed E-state index contributed by atoms with van der Waals surface area (Å²) in [5.74, 6) is -0.405. The van der Waals surface area contributed by atoms with Gasteiger partial charge in [-0.15, -0.1) is 0 Å². The molecule has 0 unspecified atom stereocenters. The van der Waals surface area contributed by atoms with Gasteiger partial charge in [0.15, 0.2) is 4.80 Å². The Hall–Kier alpha value is -2.55. The van der Waals surface area contributed by atoms with Gasteiger partial charge in [0.25, 0.3) is 11.6 Å². The Bertz CT molecular complexity index is 1060. The van der Waals surface area contributed by atoms with E-state index in [0.717, 1.165) is 5.52 Å². The van der Waals surface area contributed by atoms with Crippen LogP contribution in [0.4, 0.5) is 5.69 Å². The average Bonchev–Trinajstić information content (AvgIpc) is 2.99. The van der Waals surface area contributed by atoms with Crippen LogP contribution >= 0.6 is 22.9 Å². The molecular weight excluding hydrogens is 390 g/mol. The first-order chi connectivity index (χ1) is 13.0. The number of nitrogens with zero attached hydrogens (tertiary/aromatic N) is 3. The molecule has 1 amide bonds. The molecule has 0 radical (unpaired) electrons. The lowest BCUT2D eigenvalue weighted by Gasteiger charge is -2.05. The van der Waals surface area contributed by atoms with Gasteiger partial charge < -0.3 is 9.30 Å². The summed E-state index contributed by atoms with van der Waals surface area (Å²) in [6.45, 7) is 3.40. The van der Waals surface area contributed by atoms with Crippen molar-refractivity contribution in [2.45, 2.75) is 13.5 Å². The third-order valence-corrected chi connectivity index (χ3v) is 5.12. The number of aromatic nitrogens is 1. The predicted molar refractivity (Wildman–Crippen MR) is 104 cm³/mol. The number of halogens is 1. The Morgan fingerprint density at radius 2 is 2.04 bits per heavy atom. The lowest BCUT2D eigenvalue weighted by molar-refractivity contribution is -0.384. The minimum Gasteiger partial charge on any atom is -0.380 e. The van der Waals surface area contributed by atoms with Gasteiger partial charge in [0.1, 0.15) is 0 Å². The van der Waals surface area contributed by atoms with Gasteiger partial charge >= 0.3 is 0 Å². The van der Waals surface area contributed by atoms with Gasteiger partial charge in [-0.05, 0) is 37.3 Å². The number of amides is 1. The Kier molecular flexibility index (Phi) is 6.00. The second-order valence-corrected chi connectivity index (χ2v) is 7.01. The molecule has 0 aliphatic rings. The zero-order valence-electron chi connectivity index (χ0n) is 14.4. The molecule has 140 valence electrons. The maximum absolute atomic E-state index is 12.5. The molecule has 0 saturated carbocycles. The number of fused-ring (bicyclic) bond motifs is 1. The lowest BCUT2D eigenvalue weighted by Crippen LogP contribution is -2.19. The molecule has 0 spiro atoms. The van der Waals surface area contributed by atoms with E-state index in [4.69, 9.17) is 16.3 Å². The van der Waals surface area contributed by atoms with Crippen LogP contribution in [0, 0.1) is 10.1 Å². The summed E-state index contributed by atoms with van der Waals surface area (Å²) in [5, 5.41) is 11.6. The number of carbonyl (C=O) groups excluding carboxylic acids is 1. The molecule has 0 fully saturated rings. The molecule has 0 aliphatic heterocycles. The standard InChI is InChI=1S/C18H16ClN3O4S/c1-2-26-10-9-21-15-8-7-14(22(24)25)11-16(15)27-18(21)20-17(23)12-3-5-13(19)6-4-12/h3-8,11H,2,9-10H2,1H3. The van der Waals surface area contributed by atoms with Gasteiger partial charge in [0, 0.05) is 35.9 Å². The topological polar surface area (TPSA) is 86.7 Å². The number of thiazole rings is 1. The fraction of sp³-hybridized carbons (Fsp3) is 0.222. The highest BCUT2D eigenvalue weighted by Crippen LogP contribution is 2.23. The summed E-state index contributed by atoms with van der Waals surface area (Å²) >= 11 is 7.08. The van der Waals surface area contributed by atoms with Crippen LogP contribution in [0.5, 0.6) is 0 Å². The van der Waals surface area contributed by atoms with E-state index < -0.39 is 10.8 Å². The highest BCUT2D eigenvalue weighted by Gasteiger charge is 2.13. The maximum Gasteiger partial charge on any atom is 0.279 e. The van der Waals surface area contributed by atoms with E-state index in [9.17, 15) is 14.9 Å². The minimum atomic E-state index is -0.445. The number of ether oxygens (including phenoxy) is 1. The van der Waals surface area contributed by atoms with Crippen LogP contribution in [-0.4, -0.2) is 28.6 Å². The summed E-state index contributed by atoms with van der Waals surface area (Å²) in [6.07, 6.45) is 0. The fourth-order valence-electron chi connectivity index (χ4n) is 2.52. The molecule has 1 aromatic heterocycles. The number of nitro benzene ring substituents is 1. The Labute approximate surface area is 163 Å².